The topological polar surface area (TPSA) is 52.9 Å². The van der Waals surface area contributed by atoms with Crippen LogP contribution in [0.4, 0.5) is 17.3 Å². The summed E-state index contributed by atoms with van der Waals surface area (Å²) in [5.41, 5.74) is 0. The molecular weight excluding hydrogens is 323 g/mol. The van der Waals surface area contributed by atoms with Gasteiger partial charge in [0.05, 0.1) is 12.5 Å². The van der Waals surface area contributed by atoms with E-state index in [1.54, 1.807) is 12.5 Å². The largest absolute Gasteiger partial charge is 0.473 e. The molecule has 1 aromatic heterocycles. The van der Waals surface area contributed by atoms with Crippen LogP contribution in [0.5, 0.6) is 0 Å². The van der Waals surface area contributed by atoms with Gasteiger partial charge in [-0.05, 0) is 44.2 Å². The Labute approximate surface area is 126 Å². The maximum atomic E-state index is 9.75. The zero-order valence-electron chi connectivity index (χ0n) is 9.86. The zero-order valence-corrected chi connectivity index (χ0v) is 11.0. The Balaban J connectivity index is -0.0000000836. The summed E-state index contributed by atoms with van der Waals surface area (Å²) in [6.07, 6.45) is 13.2. The van der Waals surface area contributed by atoms with Gasteiger partial charge in [-0.15, -0.1) is 0 Å². The van der Waals surface area contributed by atoms with Gasteiger partial charge in [0.1, 0.15) is 0 Å². The fourth-order valence-corrected chi connectivity index (χ4v) is 0.548. The van der Waals surface area contributed by atoms with Gasteiger partial charge >= 0.3 is 29.9 Å². The Bertz CT molecular complexity index is 248. The van der Waals surface area contributed by atoms with Gasteiger partial charge in [-0.3, -0.25) is 0 Å². The number of furan rings is 1. The average Bonchev–Trinajstić information content (AvgIpc) is 3.10. The molecule has 0 unspecified atom stereocenters. The van der Waals surface area contributed by atoms with Crippen molar-refractivity contribution in [3.63, 3.8) is 0 Å². The summed E-state index contributed by atoms with van der Waals surface area (Å²) in [7, 11) is -6.00. The predicted octanol–water partition coefficient (Wildman–Crippen LogP) is 3.52. The molecule has 2 rings (SSSR count). The van der Waals surface area contributed by atoms with E-state index in [9.17, 15) is 17.3 Å². The maximum absolute atomic E-state index is 9.75. The molecule has 9 heteroatoms. The Hall–Kier alpha value is -0.936. The van der Waals surface area contributed by atoms with Crippen LogP contribution in [0.2, 0.25) is 0 Å². The van der Waals surface area contributed by atoms with E-state index < -0.39 is 7.25 Å². The summed E-state index contributed by atoms with van der Waals surface area (Å²) < 4.78 is 58.6. The molecule has 1 fully saturated rings. The monoisotopic (exact) mass is 332 g/mol. The van der Waals surface area contributed by atoms with E-state index in [4.69, 9.17) is 9.30 Å². The van der Waals surface area contributed by atoms with Crippen LogP contribution in [0.25, 0.3) is 0 Å². The SMILES string of the molecule is F[B-](F)(F)F.[C-]#[O+].[C-]#[O+].[CH]1[CH][CH][CH][CH]1.[Fe].c1ccoc1. The summed E-state index contributed by atoms with van der Waals surface area (Å²) in [5.74, 6) is 0. The van der Waals surface area contributed by atoms with E-state index in [0.717, 1.165) is 0 Å². The first-order chi connectivity index (χ1) is 9.00. The minimum absolute atomic E-state index is 0. The zero-order chi connectivity index (χ0) is 15.6. The van der Waals surface area contributed by atoms with Crippen molar-refractivity contribution >= 4 is 7.25 Å². The fraction of sp³-hybridized carbons (Fsp3) is 0. The Kier molecular flexibility index (Phi) is 31.8. The van der Waals surface area contributed by atoms with Crippen LogP contribution in [0.15, 0.2) is 29.1 Å². The van der Waals surface area contributed by atoms with Gasteiger partial charge in [-0.25, -0.2) is 0 Å². The van der Waals surface area contributed by atoms with E-state index in [2.05, 4.69) is 17.7 Å². The second-order valence-electron chi connectivity index (χ2n) is 2.25. The minimum atomic E-state index is -6.00. The minimum Gasteiger partial charge on any atom is -0.473 e. The number of hydrogen-bond donors (Lipinski definition) is 0. The molecule has 1 aliphatic carbocycles. The van der Waals surface area contributed by atoms with Crippen molar-refractivity contribution in [2.75, 3.05) is 0 Å². The molecule has 0 aliphatic heterocycles. The first kappa shape index (κ1) is 27.4. The molecule has 0 atom stereocenters. The maximum Gasteiger partial charge on any atom is 0.0902 e. The van der Waals surface area contributed by atoms with Crippen LogP contribution in [0.3, 0.4) is 0 Å². The fourth-order valence-electron chi connectivity index (χ4n) is 0.548. The average molecular weight is 332 g/mol. The van der Waals surface area contributed by atoms with Crippen molar-refractivity contribution in [3.8, 4) is 0 Å². The molecule has 0 amide bonds. The molecule has 1 saturated carbocycles. The van der Waals surface area contributed by atoms with Crippen molar-refractivity contribution in [1.82, 2.24) is 0 Å². The van der Waals surface area contributed by atoms with E-state index in [-0.39, 0.29) is 17.1 Å². The van der Waals surface area contributed by atoms with Crippen molar-refractivity contribution < 1.29 is 48.1 Å². The van der Waals surface area contributed by atoms with Crippen LogP contribution in [-0.4, -0.2) is 7.25 Å². The van der Waals surface area contributed by atoms with Gasteiger partial charge in [0.15, 0.2) is 0 Å². The Morgan fingerprint density at radius 3 is 1.00 bits per heavy atom. The van der Waals surface area contributed by atoms with Crippen LogP contribution in [-0.2, 0) is 26.4 Å². The molecule has 0 bridgehead atoms. The molecule has 20 heavy (non-hydrogen) atoms. The quantitative estimate of drug-likeness (QED) is 0.310. The van der Waals surface area contributed by atoms with Gasteiger partial charge in [0.2, 0.25) is 0 Å². The Morgan fingerprint density at radius 1 is 0.700 bits per heavy atom. The first-order valence-corrected chi connectivity index (χ1v) is 4.42. The molecular formula is C11H9BF4FeO3-. The van der Waals surface area contributed by atoms with Crippen LogP contribution in [0, 0.1) is 45.4 Å². The third kappa shape index (κ3) is 53.6. The van der Waals surface area contributed by atoms with Crippen molar-refractivity contribution in [2.45, 2.75) is 0 Å². The third-order valence-corrected chi connectivity index (χ3v) is 0.981. The van der Waals surface area contributed by atoms with Gasteiger partial charge in [0.25, 0.3) is 0 Å². The van der Waals surface area contributed by atoms with Crippen molar-refractivity contribution in [1.29, 1.82) is 0 Å². The first-order valence-electron chi connectivity index (χ1n) is 4.42. The van der Waals surface area contributed by atoms with Crippen molar-refractivity contribution in [3.05, 3.63) is 70.1 Å². The number of halogens is 4. The molecule has 1 aromatic rings. The second-order valence-corrected chi connectivity index (χ2v) is 2.25. The van der Waals surface area contributed by atoms with Crippen LogP contribution >= 0.6 is 0 Å². The summed E-state index contributed by atoms with van der Waals surface area (Å²) in [4.78, 5) is 0. The standard InChI is InChI=1S/C5H5.C4H4O.2CO.BF4.Fe/c2*1-2-4-5-3-1;2*1-2;2-1(3,4)5;/h1-5H;1-4H;;;;/q;;;;-1;. The number of hydrogen-bond acceptors (Lipinski definition) is 1. The normalized spacial score (nSPS) is 11.2. The smallest absolute Gasteiger partial charge is 0.0902 e. The van der Waals surface area contributed by atoms with Gasteiger partial charge in [-0.2, -0.15) is 0 Å². The summed E-state index contributed by atoms with van der Waals surface area (Å²) in [5, 5.41) is 0. The molecule has 0 N–H and O–H groups in total. The second kappa shape index (κ2) is 23.2. The third-order valence-electron chi connectivity index (χ3n) is 0.981. The number of rotatable bonds is 0. The van der Waals surface area contributed by atoms with Gasteiger partial charge in [-0.1, -0.05) is 0 Å². The molecule has 5 radical (unpaired) electrons. The molecule has 0 aromatic carbocycles. The van der Waals surface area contributed by atoms with E-state index in [0.29, 0.717) is 0 Å². The molecule has 1 heterocycles. The Morgan fingerprint density at radius 2 is 0.900 bits per heavy atom. The van der Waals surface area contributed by atoms with E-state index in [1.807, 2.05) is 44.2 Å². The summed E-state index contributed by atoms with van der Waals surface area (Å²) in [6.45, 7) is 9.00. The van der Waals surface area contributed by atoms with Gasteiger partial charge < -0.3 is 21.7 Å². The predicted molar refractivity (Wildman–Crippen MR) is 58.3 cm³/mol. The molecule has 1 aliphatic rings. The summed E-state index contributed by atoms with van der Waals surface area (Å²) in [6, 6.07) is 3.67. The van der Waals surface area contributed by atoms with Crippen LogP contribution < -0.4 is 0 Å². The molecule has 0 spiro atoms. The van der Waals surface area contributed by atoms with Crippen molar-refractivity contribution in [2.24, 2.45) is 0 Å². The molecule has 111 valence electrons. The molecule has 3 nitrogen and oxygen atoms in total. The van der Waals surface area contributed by atoms with Crippen LogP contribution in [0.1, 0.15) is 0 Å². The van der Waals surface area contributed by atoms with Gasteiger partial charge in [0, 0.05) is 17.1 Å². The van der Waals surface area contributed by atoms with E-state index in [1.165, 1.54) is 0 Å². The van der Waals surface area contributed by atoms with E-state index >= 15 is 0 Å². The summed E-state index contributed by atoms with van der Waals surface area (Å²) >= 11 is 0. The molecule has 0 saturated heterocycles.